The zero-order valence-corrected chi connectivity index (χ0v) is 21.8. The van der Waals surface area contributed by atoms with Gasteiger partial charge in [0, 0.05) is 56.7 Å². The first-order chi connectivity index (χ1) is 13.9. The SMILES string of the molecule is CN=C(NC1CCN(Cc2ccc(Cl)c(Cl)c2)CC1)NC1C2CCOC2C1(C)C.I. The summed E-state index contributed by atoms with van der Waals surface area (Å²) in [7, 11) is 1.86. The molecule has 3 aliphatic rings. The molecule has 1 aromatic carbocycles. The zero-order chi connectivity index (χ0) is 20.6. The molecule has 2 heterocycles. The molecule has 3 fully saturated rings. The van der Waals surface area contributed by atoms with E-state index in [1.165, 1.54) is 5.56 Å². The third-order valence-corrected chi connectivity index (χ3v) is 7.67. The molecule has 168 valence electrons. The molecule has 0 aromatic heterocycles. The molecular formula is C22H33Cl2IN4O. The summed E-state index contributed by atoms with van der Waals surface area (Å²) in [6.45, 7) is 8.51. The van der Waals surface area contributed by atoms with Crippen LogP contribution in [0.5, 0.6) is 0 Å². The number of nitrogens with one attached hydrogen (secondary N) is 2. The van der Waals surface area contributed by atoms with E-state index < -0.39 is 0 Å². The van der Waals surface area contributed by atoms with Crippen LogP contribution in [0.2, 0.25) is 10.0 Å². The van der Waals surface area contributed by atoms with Crippen LogP contribution in [0.1, 0.15) is 38.7 Å². The molecule has 0 bridgehead atoms. The maximum atomic E-state index is 6.15. The standard InChI is InChI=1S/C22H32Cl2N4O.HI/c1-22(2)19(16-8-11-29-20(16)22)27-21(25-3)26-15-6-9-28(10-7-15)13-14-4-5-17(23)18(24)12-14;/h4-5,12,15-16,19-20H,6-11,13H2,1-3H3,(H2,25,26,27);1H. The van der Waals surface area contributed by atoms with Gasteiger partial charge in [0.15, 0.2) is 5.96 Å². The third-order valence-electron chi connectivity index (χ3n) is 6.93. The number of fused-ring (bicyclic) bond motifs is 1. The van der Waals surface area contributed by atoms with Gasteiger partial charge in [0.2, 0.25) is 0 Å². The number of aliphatic imine (C=N–C) groups is 1. The molecule has 3 unspecified atom stereocenters. The van der Waals surface area contributed by atoms with Gasteiger partial charge in [-0.2, -0.15) is 0 Å². The average molecular weight is 567 g/mol. The van der Waals surface area contributed by atoms with Crippen molar-refractivity contribution in [1.29, 1.82) is 0 Å². The molecule has 2 aliphatic heterocycles. The van der Waals surface area contributed by atoms with Gasteiger partial charge in [0.25, 0.3) is 0 Å². The van der Waals surface area contributed by atoms with E-state index in [-0.39, 0.29) is 29.4 Å². The van der Waals surface area contributed by atoms with Gasteiger partial charge in [0.05, 0.1) is 16.1 Å². The van der Waals surface area contributed by atoms with Crippen LogP contribution >= 0.6 is 47.2 Å². The van der Waals surface area contributed by atoms with Gasteiger partial charge in [-0.05, 0) is 37.0 Å². The smallest absolute Gasteiger partial charge is 0.191 e. The second-order valence-electron chi connectivity index (χ2n) is 9.20. The van der Waals surface area contributed by atoms with E-state index >= 15 is 0 Å². The summed E-state index contributed by atoms with van der Waals surface area (Å²) >= 11 is 12.2. The third kappa shape index (κ3) is 5.03. The second-order valence-corrected chi connectivity index (χ2v) is 10.0. The van der Waals surface area contributed by atoms with Crippen molar-refractivity contribution in [2.75, 3.05) is 26.7 Å². The minimum atomic E-state index is 0. The first-order valence-electron chi connectivity index (χ1n) is 10.7. The van der Waals surface area contributed by atoms with Crippen molar-refractivity contribution in [3.05, 3.63) is 33.8 Å². The van der Waals surface area contributed by atoms with Crippen molar-refractivity contribution in [1.82, 2.24) is 15.5 Å². The lowest BCUT2D eigenvalue weighted by atomic mass is 9.57. The molecule has 8 heteroatoms. The predicted molar refractivity (Wildman–Crippen MR) is 135 cm³/mol. The summed E-state index contributed by atoms with van der Waals surface area (Å²) in [6.07, 6.45) is 3.74. The van der Waals surface area contributed by atoms with Crippen LogP contribution in [0.4, 0.5) is 0 Å². The van der Waals surface area contributed by atoms with E-state index in [4.69, 9.17) is 27.9 Å². The topological polar surface area (TPSA) is 48.9 Å². The van der Waals surface area contributed by atoms with E-state index in [9.17, 15) is 0 Å². The summed E-state index contributed by atoms with van der Waals surface area (Å²) in [5, 5.41) is 8.59. The highest BCUT2D eigenvalue weighted by atomic mass is 127. The molecule has 30 heavy (non-hydrogen) atoms. The molecule has 5 nitrogen and oxygen atoms in total. The Labute approximate surface area is 207 Å². The van der Waals surface area contributed by atoms with Crippen LogP contribution in [0.15, 0.2) is 23.2 Å². The summed E-state index contributed by atoms with van der Waals surface area (Å²) in [4.78, 5) is 6.98. The van der Waals surface area contributed by atoms with Crippen molar-refractivity contribution in [3.8, 4) is 0 Å². The number of halogens is 3. The van der Waals surface area contributed by atoms with Gasteiger partial charge in [-0.15, -0.1) is 24.0 Å². The number of piperidine rings is 1. The maximum Gasteiger partial charge on any atom is 0.191 e. The van der Waals surface area contributed by atoms with Gasteiger partial charge < -0.3 is 15.4 Å². The van der Waals surface area contributed by atoms with Crippen molar-refractivity contribution in [2.45, 2.75) is 57.8 Å². The Morgan fingerprint density at radius 3 is 2.57 bits per heavy atom. The number of guanidine groups is 1. The lowest BCUT2D eigenvalue weighted by molar-refractivity contribution is -0.106. The molecule has 2 N–H and O–H groups in total. The van der Waals surface area contributed by atoms with Crippen molar-refractivity contribution >= 4 is 53.1 Å². The highest BCUT2D eigenvalue weighted by Gasteiger charge is 2.59. The van der Waals surface area contributed by atoms with Gasteiger partial charge >= 0.3 is 0 Å². The van der Waals surface area contributed by atoms with Gasteiger partial charge in [-0.1, -0.05) is 43.1 Å². The fourth-order valence-corrected chi connectivity index (χ4v) is 5.58. The van der Waals surface area contributed by atoms with Crippen LogP contribution < -0.4 is 10.6 Å². The number of nitrogens with zero attached hydrogens (tertiary/aromatic N) is 2. The lowest BCUT2D eigenvalue weighted by Gasteiger charge is -2.55. The summed E-state index contributed by atoms with van der Waals surface area (Å²) in [5.74, 6) is 1.54. The maximum absolute atomic E-state index is 6.15. The number of hydrogen-bond donors (Lipinski definition) is 2. The van der Waals surface area contributed by atoms with E-state index in [0.29, 0.717) is 34.2 Å². The molecule has 0 spiro atoms. The van der Waals surface area contributed by atoms with E-state index in [2.05, 4.69) is 40.4 Å². The summed E-state index contributed by atoms with van der Waals surface area (Å²) in [6, 6.07) is 6.79. The first kappa shape index (κ1) is 24.4. The monoisotopic (exact) mass is 566 g/mol. The number of ether oxygens (including phenoxy) is 1. The molecule has 3 atom stereocenters. The van der Waals surface area contributed by atoms with Crippen molar-refractivity contribution in [3.63, 3.8) is 0 Å². The minimum Gasteiger partial charge on any atom is -0.377 e. The average Bonchev–Trinajstić information content (AvgIpc) is 3.16. The molecular weight excluding hydrogens is 534 g/mol. The lowest BCUT2D eigenvalue weighted by Crippen LogP contribution is -2.68. The molecule has 2 saturated heterocycles. The van der Waals surface area contributed by atoms with E-state index in [0.717, 1.165) is 51.5 Å². The summed E-state index contributed by atoms with van der Waals surface area (Å²) < 4.78 is 5.92. The van der Waals surface area contributed by atoms with E-state index in [1.807, 2.05) is 19.2 Å². The number of benzene rings is 1. The fraction of sp³-hybridized carbons (Fsp3) is 0.682. The van der Waals surface area contributed by atoms with Crippen LogP contribution in [0.25, 0.3) is 0 Å². The fourth-order valence-electron chi connectivity index (χ4n) is 5.26. The predicted octanol–water partition coefficient (Wildman–Crippen LogP) is 4.55. The summed E-state index contributed by atoms with van der Waals surface area (Å²) in [5.41, 5.74) is 1.37. The highest BCUT2D eigenvalue weighted by Crippen LogP contribution is 2.52. The first-order valence-corrected chi connectivity index (χ1v) is 11.4. The Balaban J connectivity index is 0.00000256. The molecule has 4 rings (SSSR count). The quantitative estimate of drug-likeness (QED) is 0.319. The number of likely N-dealkylation sites (tertiary alicyclic amines) is 1. The Bertz CT molecular complexity index is 768. The van der Waals surface area contributed by atoms with Crippen LogP contribution in [-0.2, 0) is 11.3 Å². The highest BCUT2D eigenvalue weighted by molar-refractivity contribution is 14.0. The Kier molecular flexibility index (Phi) is 8.21. The van der Waals surface area contributed by atoms with Crippen molar-refractivity contribution in [2.24, 2.45) is 16.3 Å². The number of rotatable bonds is 4. The Hall–Kier alpha value is -0.280. The molecule has 1 aromatic rings. The van der Waals surface area contributed by atoms with Gasteiger partial charge in [-0.3, -0.25) is 9.89 Å². The molecule has 0 radical (unpaired) electrons. The largest absolute Gasteiger partial charge is 0.377 e. The van der Waals surface area contributed by atoms with Gasteiger partial charge in [-0.25, -0.2) is 0 Å². The van der Waals surface area contributed by atoms with Crippen LogP contribution in [-0.4, -0.2) is 55.8 Å². The minimum absolute atomic E-state index is 0. The van der Waals surface area contributed by atoms with Crippen molar-refractivity contribution < 1.29 is 4.74 Å². The molecule has 1 saturated carbocycles. The van der Waals surface area contributed by atoms with Gasteiger partial charge in [0.1, 0.15) is 0 Å². The molecule has 0 amide bonds. The second kappa shape index (κ2) is 10.1. The van der Waals surface area contributed by atoms with Crippen LogP contribution in [0.3, 0.4) is 0 Å². The Morgan fingerprint density at radius 1 is 1.17 bits per heavy atom. The zero-order valence-electron chi connectivity index (χ0n) is 18.0. The normalized spacial score (nSPS) is 29.0. The Morgan fingerprint density at radius 2 is 1.90 bits per heavy atom. The van der Waals surface area contributed by atoms with E-state index in [1.54, 1.807) is 0 Å². The number of hydrogen-bond acceptors (Lipinski definition) is 3. The molecule has 1 aliphatic carbocycles. The van der Waals surface area contributed by atoms with Crippen LogP contribution in [0, 0.1) is 11.3 Å².